The molecule has 1 atom stereocenters. The number of nitrogens with one attached hydrogen (secondary N) is 2. The Kier molecular flexibility index (Phi) is 9.75. The van der Waals surface area contributed by atoms with Gasteiger partial charge in [0, 0.05) is 23.6 Å². The minimum atomic E-state index is -0.857. The number of esters is 1. The van der Waals surface area contributed by atoms with Crippen LogP contribution in [-0.4, -0.2) is 36.2 Å². The Morgan fingerprint density at radius 2 is 2.00 bits per heavy atom. The van der Waals surface area contributed by atoms with Gasteiger partial charge in [0.25, 0.3) is 0 Å². The third-order valence-corrected chi connectivity index (χ3v) is 6.04. The van der Waals surface area contributed by atoms with Gasteiger partial charge in [0.15, 0.2) is 0 Å². The van der Waals surface area contributed by atoms with Crippen LogP contribution in [0.5, 0.6) is 5.75 Å². The van der Waals surface area contributed by atoms with Crippen LogP contribution in [0.1, 0.15) is 86.3 Å². The van der Waals surface area contributed by atoms with Crippen molar-refractivity contribution in [3.05, 3.63) is 33.9 Å². The lowest BCUT2D eigenvalue weighted by Gasteiger charge is -2.22. The molecule has 8 heteroatoms. The first-order chi connectivity index (χ1) is 15.7. The van der Waals surface area contributed by atoms with Gasteiger partial charge in [-0.05, 0) is 45.1 Å². The molecule has 1 aromatic carbocycles. The van der Waals surface area contributed by atoms with Gasteiger partial charge in [-0.25, -0.2) is 9.59 Å². The van der Waals surface area contributed by atoms with Crippen LogP contribution in [-0.2, 0) is 22.6 Å². The molecule has 0 aromatic heterocycles. The molecule has 0 saturated heterocycles. The van der Waals surface area contributed by atoms with Crippen LogP contribution in [0, 0.1) is 6.92 Å². The number of hydrogen-bond acceptors (Lipinski definition) is 5. The number of carbonyl (C=O) groups excluding carboxylic acids is 2. The number of carboxylic acid groups (broad SMARTS) is 1. The number of urea groups is 1. The van der Waals surface area contributed by atoms with Crippen LogP contribution in [0.25, 0.3) is 0 Å². The van der Waals surface area contributed by atoms with Crippen molar-refractivity contribution in [2.45, 2.75) is 85.3 Å². The van der Waals surface area contributed by atoms with Crippen molar-refractivity contribution in [2.24, 2.45) is 0 Å². The number of cyclic esters (lactones) is 1. The van der Waals surface area contributed by atoms with E-state index in [4.69, 9.17) is 14.6 Å². The highest BCUT2D eigenvalue weighted by Gasteiger charge is 2.32. The zero-order valence-corrected chi connectivity index (χ0v) is 20.3. The molecule has 182 valence electrons. The molecular formula is C25H36N2O6. The van der Waals surface area contributed by atoms with Gasteiger partial charge in [-0.2, -0.15) is 0 Å². The van der Waals surface area contributed by atoms with Gasteiger partial charge in [0.1, 0.15) is 12.4 Å². The van der Waals surface area contributed by atoms with E-state index in [2.05, 4.69) is 17.6 Å². The molecule has 3 N–H and O–H groups in total. The molecule has 0 fully saturated rings. The largest absolute Gasteiger partial charge is 0.496 e. The molecule has 1 aliphatic rings. The monoisotopic (exact) mass is 460 g/mol. The Bertz CT molecular complexity index is 922. The minimum absolute atomic E-state index is 0.0404. The highest BCUT2D eigenvalue weighted by atomic mass is 16.5. The van der Waals surface area contributed by atoms with Gasteiger partial charge in [-0.1, -0.05) is 38.3 Å². The highest BCUT2D eigenvalue weighted by Crippen LogP contribution is 2.41. The molecule has 0 radical (unpaired) electrons. The summed E-state index contributed by atoms with van der Waals surface area (Å²) in [6.07, 6.45) is 6.50. The summed E-state index contributed by atoms with van der Waals surface area (Å²) in [6, 6.07) is -0.336. The number of ether oxygens (including phenoxy) is 2. The molecule has 33 heavy (non-hydrogen) atoms. The normalized spacial score (nSPS) is 13.8. The molecule has 0 aliphatic carbocycles. The Morgan fingerprint density at radius 1 is 1.27 bits per heavy atom. The summed E-state index contributed by atoms with van der Waals surface area (Å²) >= 11 is 0. The molecule has 2 amide bonds. The Morgan fingerprint density at radius 3 is 2.61 bits per heavy atom. The van der Waals surface area contributed by atoms with Gasteiger partial charge in [-0.15, -0.1) is 0 Å². The number of allylic oxidation sites excluding steroid dienone is 2. The van der Waals surface area contributed by atoms with Crippen LogP contribution >= 0.6 is 0 Å². The number of fused-ring (bicyclic) bond motifs is 1. The summed E-state index contributed by atoms with van der Waals surface area (Å²) in [4.78, 5) is 36.4. The zero-order valence-electron chi connectivity index (χ0n) is 20.3. The van der Waals surface area contributed by atoms with E-state index >= 15 is 0 Å². The fraction of sp³-hybridized carbons (Fsp3) is 0.560. The molecular weight excluding hydrogens is 424 g/mol. The van der Waals surface area contributed by atoms with Crippen LogP contribution in [0.3, 0.4) is 0 Å². The number of aliphatic carboxylic acids is 1. The van der Waals surface area contributed by atoms with Gasteiger partial charge in [0.05, 0.1) is 18.4 Å². The van der Waals surface area contributed by atoms with E-state index in [1.165, 1.54) is 0 Å². The van der Waals surface area contributed by atoms with E-state index in [1.807, 2.05) is 26.8 Å². The lowest BCUT2D eigenvalue weighted by molar-refractivity contribution is -0.136. The maximum Gasteiger partial charge on any atom is 0.341 e. The fourth-order valence-corrected chi connectivity index (χ4v) is 4.04. The number of anilines is 1. The molecule has 1 aliphatic heterocycles. The molecule has 0 bridgehead atoms. The number of rotatable bonds is 12. The van der Waals surface area contributed by atoms with Crippen LogP contribution in [0.15, 0.2) is 11.6 Å². The van der Waals surface area contributed by atoms with Crippen molar-refractivity contribution < 1.29 is 29.0 Å². The number of unbranched alkanes of at least 4 members (excludes halogenated alkanes) is 1. The quantitative estimate of drug-likeness (QED) is 0.295. The van der Waals surface area contributed by atoms with Crippen LogP contribution in [0.2, 0.25) is 0 Å². The Balaban J connectivity index is 2.43. The summed E-state index contributed by atoms with van der Waals surface area (Å²) < 4.78 is 11.0. The summed E-state index contributed by atoms with van der Waals surface area (Å²) in [7, 11) is 1.55. The van der Waals surface area contributed by atoms with Crippen LogP contribution < -0.4 is 15.4 Å². The number of amides is 2. The predicted molar refractivity (Wildman–Crippen MR) is 127 cm³/mol. The van der Waals surface area contributed by atoms with Gasteiger partial charge >= 0.3 is 18.0 Å². The van der Waals surface area contributed by atoms with Crippen molar-refractivity contribution in [1.29, 1.82) is 0 Å². The van der Waals surface area contributed by atoms with Crippen molar-refractivity contribution >= 4 is 23.7 Å². The van der Waals surface area contributed by atoms with E-state index in [-0.39, 0.29) is 25.1 Å². The van der Waals surface area contributed by atoms with Crippen molar-refractivity contribution in [3.8, 4) is 5.75 Å². The molecule has 1 aromatic rings. The maximum atomic E-state index is 12.9. The summed E-state index contributed by atoms with van der Waals surface area (Å²) in [6.45, 7) is 8.00. The van der Waals surface area contributed by atoms with E-state index in [0.717, 1.165) is 36.8 Å². The third-order valence-electron chi connectivity index (χ3n) is 6.04. The standard InChI is InChI=1S/C25H36N2O6/c1-6-8-9-17(7-2)26-25(31)27-22-18(12-10-15(3)11-13-20(28)29)23(32-5)16(4)19-14-33-24(30)21(19)22/h10,17H,6-9,11-14H2,1-5H3,(H,28,29)(H2,26,27,31). The lowest BCUT2D eigenvalue weighted by atomic mass is 9.93. The summed E-state index contributed by atoms with van der Waals surface area (Å²) in [5, 5.41) is 14.9. The van der Waals surface area contributed by atoms with Gasteiger partial charge < -0.3 is 25.2 Å². The van der Waals surface area contributed by atoms with E-state index in [9.17, 15) is 14.4 Å². The maximum absolute atomic E-state index is 12.9. The molecule has 0 saturated carbocycles. The van der Waals surface area contributed by atoms with Gasteiger partial charge in [0.2, 0.25) is 0 Å². The Labute approximate surface area is 195 Å². The van der Waals surface area contributed by atoms with Gasteiger partial charge in [-0.3, -0.25) is 4.79 Å². The average molecular weight is 461 g/mol. The average Bonchev–Trinajstić information content (AvgIpc) is 3.17. The number of carbonyl (C=O) groups is 3. The first kappa shape index (κ1) is 26.2. The first-order valence-corrected chi connectivity index (χ1v) is 11.6. The number of methoxy groups -OCH3 is 1. The topological polar surface area (TPSA) is 114 Å². The van der Waals surface area contributed by atoms with E-state index in [0.29, 0.717) is 41.0 Å². The minimum Gasteiger partial charge on any atom is -0.496 e. The fourth-order valence-electron chi connectivity index (χ4n) is 4.04. The second-order valence-corrected chi connectivity index (χ2v) is 8.44. The second kappa shape index (κ2) is 12.3. The van der Waals surface area contributed by atoms with Crippen LogP contribution in [0.4, 0.5) is 10.5 Å². The zero-order chi connectivity index (χ0) is 24.5. The van der Waals surface area contributed by atoms with E-state index in [1.54, 1.807) is 7.11 Å². The number of hydrogen-bond donors (Lipinski definition) is 3. The molecule has 1 heterocycles. The summed E-state index contributed by atoms with van der Waals surface area (Å²) in [5.41, 5.74) is 3.82. The van der Waals surface area contributed by atoms with Crippen molar-refractivity contribution in [1.82, 2.24) is 5.32 Å². The smallest absolute Gasteiger partial charge is 0.341 e. The Hall–Kier alpha value is -3.03. The summed E-state index contributed by atoms with van der Waals surface area (Å²) in [5.74, 6) is -0.747. The number of carboxylic acids is 1. The van der Waals surface area contributed by atoms with E-state index < -0.39 is 11.9 Å². The molecule has 0 spiro atoms. The first-order valence-electron chi connectivity index (χ1n) is 11.6. The second-order valence-electron chi connectivity index (χ2n) is 8.44. The molecule has 8 nitrogen and oxygen atoms in total. The van der Waals surface area contributed by atoms with Crippen molar-refractivity contribution in [2.75, 3.05) is 12.4 Å². The van der Waals surface area contributed by atoms with Crippen molar-refractivity contribution in [3.63, 3.8) is 0 Å². The number of benzene rings is 1. The molecule has 2 rings (SSSR count). The molecule has 1 unspecified atom stereocenters. The third kappa shape index (κ3) is 6.73. The SMILES string of the molecule is CCCCC(CC)NC(=O)Nc1c(CC=C(C)CCC(=O)O)c(OC)c(C)c2c1C(=O)OC2. The predicted octanol–water partition coefficient (Wildman–Crippen LogP) is 5.12. The highest BCUT2D eigenvalue weighted by molar-refractivity contribution is 6.05. The lowest BCUT2D eigenvalue weighted by Crippen LogP contribution is -2.38.